The first kappa shape index (κ1) is 13.9. The zero-order chi connectivity index (χ0) is 13.0. The average molecular weight is 250 g/mol. The van der Waals surface area contributed by atoms with Gasteiger partial charge in [-0.2, -0.15) is 0 Å². The molecule has 18 heavy (non-hydrogen) atoms. The van der Waals surface area contributed by atoms with Crippen LogP contribution >= 0.6 is 0 Å². The van der Waals surface area contributed by atoms with Gasteiger partial charge in [0.15, 0.2) is 0 Å². The van der Waals surface area contributed by atoms with Crippen LogP contribution in [0.3, 0.4) is 0 Å². The maximum Gasteiger partial charge on any atom is 0.0634 e. The summed E-state index contributed by atoms with van der Waals surface area (Å²) in [5.41, 5.74) is 0.135. The second-order valence-corrected chi connectivity index (χ2v) is 6.37. The number of hydrogen-bond acceptors (Lipinski definition) is 3. The molecule has 0 radical (unpaired) electrons. The van der Waals surface area contributed by atoms with Crippen LogP contribution in [0.4, 0.5) is 0 Å². The van der Waals surface area contributed by atoms with Gasteiger partial charge >= 0.3 is 0 Å². The minimum absolute atomic E-state index is 0.135. The Morgan fingerprint density at radius 2 is 2.06 bits per heavy atom. The summed E-state index contributed by atoms with van der Waals surface area (Å²) in [6.45, 7) is 14.1. The fraction of sp³-hybridized carbons (Fsp3) is 0.867. The number of fused-ring (bicyclic) bond motifs is 1. The van der Waals surface area contributed by atoms with E-state index in [9.17, 15) is 0 Å². The van der Waals surface area contributed by atoms with Crippen LogP contribution in [0.15, 0.2) is 0 Å². The molecule has 0 aromatic rings. The molecule has 102 valence electrons. The van der Waals surface area contributed by atoms with Crippen molar-refractivity contribution >= 4 is 0 Å². The van der Waals surface area contributed by atoms with Gasteiger partial charge in [-0.3, -0.25) is 9.80 Å². The second kappa shape index (κ2) is 6.06. The van der Waals surface area contributed by atoms with E-state index in [0.717, 1.165) is 39.3 Å². The van der Waals surface area contributed by atoms with E-state index < -0.39 is 0 Å². The number of ether oxygens (including phenoxy) is 1. The molecular weight excluding hydrogens is 224 g/mol. The number of hydrogen-bond donors (Lipinski definition) is 0. The van der Waals surface area contributed by atoms with Crippen molar-refractivity contribution in [2.24, 2.45) is 5.41 Å². The minimum atomic E-state index is 0.135. The number of nitrogens with zero attached hydrogens (tertiary/aromatic N) is 2. The van der Waals surface area contributed by atoms with Crippen molar-refractivity contribution < 1.29 is 4.74 Å². The highest BCUT2D eigenvalue weighted by molar-refractivity contribution is 5.07. The molecule has 2 aliphatic rings. The van der Waals surface area contributed by atoms with Crippen LogP contribution in [0, 0.1) is 17.3 Å². The maximum absolute atomic E-state index is 5.56. The van der Waals surface area contributed by atoms with Crippen molar-refractivity contribution in [1.82, 2.24) is 9.80 Å². The van der Waals surface area contributed by atoms with Gasteiger partial charge in [0.25, 0.3) is 0 Å². The molecule has 0 aromatic heterocycles. The largest absolute Gasteiger partial charge is 0.378 e. The van der Waals surface area contributed by atoms with Gasteiger partial charge in [-0.05, 0) is 20.8 Å². The molecule has 0 saturated carbocycles. The molecule has 0 aromatic carbocycles. The lowest BCUT2D eigenvalue weighted by atomic mass is 9.98. The number of morpholine rings is 1. The monoisotopic (exact) mass is 250 g/mol. The van der Waals surface area contributed by atoms with Crippen LogP contribution < -0.4 is 0 Å². The van der Waals surface area contributed by atoms with E-state index in [2.05, 4.69) is 42.4 Å². The highest BCUT2D eigenvalue weighted by atomic mass is 16.5. The fourth-order valence-electron chi connectivity index (χ4n) is 2.56. The van der Waals surface area contributed by atoms with E-state index in [1.54, 1.807) is 0 Å². The predicted octanol–water partition coefficient (Wildman–Crippen LogP) is 1.44. The average Bonchev–Trinajstić information content (AvgIpc) is 2.33. The second-order valence-electron chi connectivity index (χ2n) is 6.37. The summed E-state index contributed by atoms with van der Waals surface area (Å²) >= 11 is 0. The molecule has 0 bridgehead atoms. The molecule has 1 atom stereocenters. The van der Waals surface area contributed by atoms with Gasteiger partial charge in [0.1, 0.15) is 0 Å². The molecule has 0 spiro atoms. The van der Waals surface area contributed by atoms with Gasteiger partial charge < -0.3 is 4.74 Å². The quantitative estimate of drug-likeness (QED) is 0.690. The third kappa shape index (κ3) is 4.28. The van der Waals surface area contributed by atoms with Crippen LogP contribution in [-0.2, 0) is 4.74 Å². The molecule has 2 aliphatic heterocycles. The van der Waals surface area contributed by atoms with Crippen molar-refractivity contribution in [3.8, 4) is 11.8 Å². The van der Waals surface area contributed by atoms with Gasteiger partial charge in [0.05, 0.1) is 13.2 Å². The molecule has 0 N–H and O–H groups in total. The van der Waals surface area contributed by atoms with Gasteiger partial charge in [-0.25, -0.2) is 0 Å². The zero-order valence-corrected chi connectivity index (χ0v) is 12.0. The smallest absolute Gasteiger partial charge is 0.0634 e. The van der Waals surface area contributed by atoms with Crippen molar-refractivity contribution in [1.29, 1.82) is 0 Å². The van der Waals surface area contributed by atoms with Crippen LogP contribution in [0.1, 0.15) is 27.2 Å². The van der Waals surface area contributed by atoms with E-state index in [-0.39, 0.29) is 5.41 Å². The molecule has 0 amide bonds. The fourth-order valence-corrected chi connectivity index (χ4v) is 2.56. The predicted molar refractivity (Wildman–Crippen MR) is 74.5 cm³/mol. The summed E-state index contributed by atoms with van der Waals surface area (Å²) in [4.78, 5) is 5.11. The Morgan fingerprint density at radius 3 is 2.83 bits per heavy atom. The van der Waals surface area contributed by atoms with Crippen LogP contribution in [0.2, 0.25) is 0 Å². The Morgan fingerprint density at radius 1 is 1.22 bits per heavy atom. The summed E-state index contributed by atoms with van der Waals surface area (Å²) < 4.78 is 5.56. The molecule has 2 saturated heterocycles. The Hall–Kier alpha value is -0.560. The molecule has 2 fully saturated rings. The topological polar surface area (TPSA) is 15.7 Å². The molecule has 0 unspecified atom stereocenters. The highest BCUT2D eigenvalue weighted by Crippen LogP contribution is 2.14. The highest BCUT2D eigenvalue weighted by Gasteiger charge is 2.28. The lowest BCUT2D eigenvalue weighted by Crippen LogP contribution is -2.58. The summed E-state index contributed by atoms with van der Waals surface area (Å²) in [6.07, 6.45) is 0.991. The summed E-state index contributed by atoms with van der Waals surface area (Å²) in [5, 5.41) is 0. The van der Waals surface area contributed by atoms with E-state index in [0.29, 0.717) is 6.04 Å². The van der Waals surface area contributed by atoms with Crippen LogP contribution in [-0.4, -0.2) is 61.8 Å². The lowest BCUT2D eigenvalue weighted by Gasteiger charge is -2.43. The van der Waals surface area contributed by atoms with E-state index >= 15 is 0 Å². The summed E-state index contributed by atoms with van der Waals surface area (Å²) in [6, 6.07) is 0.614. The normalized spacial score (nSPS) is 26.3. The Balaban J connectivity index is 1.72. The first-order valence-electron chi connectivity index (χ1n) is 7.09. The first-order chi connectivity index (χ1) is 8.54. The molecule has 3 heteroatoms. The first-order valence-corrected chi connectivity index (χ1v) is 7.09. The van der Waals surface area contributed by atoms with E-state index in [1.807, 2.05) is 0 Å². The lowest BCUT2D eigenvalue weighted by molar-refractivity contribution is -0.0441. The maximum atomic E-state index is 5.56. The number of piperazine rings is 1. The van der Waals surface area contributed by atoms with Gasteiger partial charge in [0, 0.05) is 50.6 Å². The summed E-state index contributed by atoms with van der Waals surface area (Å²) in [5.74, 6) is 6.61. The Labute approximate surface area is 111 Å². The third-order valence-corrected chi connectivity index (χ3v) is 3.54. The molecule has 0 aliphatic carbocycles. The van der Waals surface area contributed by atoms with Crippen LogP contribution in [0.25, 0.3) is 0 Å². The molecular formula is C15H26N2O. The Kier molecular flexibility index (Phi) is 4.66. The molecule has 2 heterocycles. The van der Waals surface area contributed by atoms with Crippen molar-refractivity contribution in [2.75, 3.05) is 45.9 Å². The van der Waals surface area contributed by atoms with Crippen molar-refractivity contribution in [2.45, 2.75) is 33.2 Å². The zero-order valence-electron chi connectivity index (χ0n) is 12.0. The number of rotatable bonds is 2. The minimum Gasteiger partial charge on any atom is -0.378 e. The van der Waals surface area contributed by atoms with Crippen LogP contribution in [0.5, 0.6) is 0 Å². The van der Waals surface area contributed by atoms with Gasteiger partial charge in [-0.1, -0.05) is 5.92 Å². The molecule has 2 rings (SSSR count). The standard InChI is InChI=1S/C15H26N2O/c1-15(2,3)6-4-5-7-16-8-9-17-10-11-18-13-14(17)12-16/h14H,5,7-13H2,1-3H3/t14-/m0/s1. The Bertz CT molecular complexity index is 324. The van der Waals surface area contributed by atoms with E-state index in [4.69, 9.17) is 4.74 Å². The van der Waals surface area contributed by atoms with Crippen molar-refractivity contribution in [3.63, 3.8) is 0 Å². The van der Waals surface area contributed by atoms with Crippen molar-refractivity contribution in [3.05, 3.63) is 0 Å². The SMILES string of the molecule is CC(C)(C)C#CCCN1CCN2CCOC[C@@H]2C1. The van der Waals surface area contributed by atoms with E-state index in [1.165, 1.54) is 13.1 Å². The summed E-state index contributed by atoms with van der Waals surface area (Å²) in [7, 11) is 0. The van der Waals surface area contributed by atoms with Gasteiger partial charge in [0.2, 0.25) is 0 Å². The molecule has 3 nitrogen and oxygen atoms in total. The third-order valence-electron chi connectivity index (χ3n) is 3.54. The van der Waals surface area contributed by atoms with Gasteiger partial charge in [-0.15, -0.1) is 5.92 Å².